The highest BCUT2D eigenvalue weighted by Gasteiger charge is 2.40. The molecule has 0 saturated carbocycles. The third-order valence-electron chi connectivity index (χ3n) is 9.99. The predicted molar refractivity (Wildman–Crippen MR) is 190 cm³/mol. The minimum Gasteiger partial charge on any atom is -0.462 e. The average Bonchev–Trinajstić information content (AvgIpc) is 3.42. The summed E-state index contributed by atoms with van der Waals surface area (Å²) in [4.78, 5) is 63.4. The number of aliphatic imine (C=N–C) groups is 1. The third-order valence-corrected chi connectivity index (χ3v) is 9.99. The minimum atomic E-state index is -1.53. The topological polar surface area (TPSA) is 152 Å². The number of nitrogens with zero attached hydrogens (tertiary/aromatic N) is 4. The summed E-state index contributed by atoms with van der Waals surface area (Å²) in [5, 5.41) is 15.3. The van der Waals surface area contributed by atoms with Crippen LogP contribution in [0.3, 0.4) is 0 Å². The Hall–Kier alpha value is -5.62. The molecule has 4 aromatic rings. The van der Waals surface area contributed by atoms with Gasteiger partial charge in [0.25, 0.3) is 5.56 Å². The quantitative estimate of drug-likeness (QED) is 0.171. The number of rotatable bonds is 7. The number of nitrogens with one attached hydrogen (secondary N) is 1. The van der Waals surface area contributed by atoms with Crippen LogP contribution in [0.25, 0.3) is 22.3 Å². The standard InChI is InChI=1S/C39H39N5O7/c1-6-39(49)16-32(45)50-20-28-29(39)15-31-35-27(18-44(31)36(28)46)26(25-9-7-8-10-30(25)41-35)17-40-24-13-11-23(12-14-24)34-33(37(47)51-19-21(2)3)22(4)43(5)38(48)42-34/h7-15,17,21,34,49H,6,16,18-20H2,1-5H3,(H,42,48). The number of aliphatic hydroxyl groups is 1. The van der Waals surface area contributed by atoms with E-state index in [2.05, 4.69) is 5.32 Å². The van der Waals surface area contributed by atoms with Gasteiger partial charge in [-0.15, -0.1) is 0 Å². The van der Waals surface area contributed by atoms with Gasteiger partial charge in [-0.3, -0.25) is 14.6 Å². The molecule has 2 atom stereocenters. The fraction of sp³-hybridized carbons (Fsp3) is 0.333. The van der Waals surface area contributed by atoms with Crippen molar-refractivity contribution >= 4 is 40.8 Å². The number of esters is 2. The second-order valence-corrected chi connectivity index (χ2v) is 13.7. The van der Waals surface area contributed by atoms with E-state index in [-0.39, 0.29) is 55.7 Å². The monoisotopic (exact) mass is 689 g/mol. The Bertz CT molecular complexity index is 2240. The normalized spacial score (nSPS) is 19.9. The molecule has 0 bridgehead atoms. The number of cyclic esters (lactones) is 1. The summed E-state index contributed by atoms with van der Waals surface area (Å²) >= 11 is 0. The minimum absolute atomic E-state index is 0.160. The molecule has 12 heteroatoms. The largest absolute Gasteiger partial charge is 0.462 e. The lowest BCUT2D eigenvalue weighted by molar-refractivity contribution is -0.149. The van der Waals surface area contributed by atoms with Gasteiger partial charge >= 0.3 is 18.0 Å². The van der Waals surface area contributed by atoms with E-state index in [1.54, 1.807) is 37.7 Å². The highest BCUT2D eigenvalue weighted by atomic mass is 16.5. The number of aromatic nitrogens is 2. The molecule has 2 aromatic carbocycles. The number of hydrogen-bond donors (Lipinski definition) is 2. The van der Waals surface area contributed by atoms with Gasteiger partial charge in [-0.2, -0.15) is 0 Å². The number of fused-ring (bicyclic) bond motifs is 5. The number of amides is 2. The molecular formula is C39H39N5O7. The van der Waals surface area contributed by atoms with Crippen LogP contribution in [-0.4, -0.2) is 57.4 Å². The molecule has 0 saturated heterocycles. The van der Waals surface area contributed by atoms with Crippen molar-refractivity contribution in [1.82, 2.24) is 19.8 Å². The number of carbonyl (C=O) groups is 3. The first-order chi connectivity index (χ1) is 24.4. The summed E-state index contributed by atoms with van der Waals surface area (Å²) in [5.41, 5.74) is 4.51. The molecule has 2 N–H and O–H groups in total. The first-order valence-electron chi connectivity index (χ1n) is 17.0. The van der Waals surface area contributed by atoms with Gasteiger partial charge in [-0.25, -0.2) is 14.6 Å². The number of para-hydroxylation sites is 1. The van der Waals surface area contributed by atoms with Crippen LogP contribution in [-0.2, 0) is 37.8 Å². The molecule has 12 nitrogen and oxygen atoms in total. The summed E-state index contributed by atoms with van der Waals surface area (Å²) in [6, 6.07) is 15.7. The molecule has 2 aromatic heterocycles. The van der Waals surface area contributed by atoms with Crippen LogP contribution in [0.5, 0.6) is 0 Å². The number of hydrogen-bond acceptors (Lipinski definition) is 9. The predicted octanol–water partition coefficient (Wildman–Crippen LogP) is 5.39. The maximum atomic E-state index is 13.9. The van der Waals surface area contributed by atoms with Crippen LogP contribution in [0, 0.1) is 5.92 Å². The summed E-state index contributed by atoms with van der Waals surface area (Å²) in [7, 11) is 1.61. The second kappa shape index (κ2) is 12.9. The maximum absolute atomic E-state index is 13.9. The van der Waals surface area contributed by atoms with Crippen molar-refractivity contribution in [2.45, 2.75) is 65.3 Å². The smallest absolute Gasteiger partial charge is 0.338 e. The molecule has 3 aliphatic rings. The number of ether oxygens (including phenoxy) is 2. The van der Waals surface area contributed by atoms with E-state index in [4.69, 9.17) is 19.5 Å². The Morgan fingerprint density at radius 1 is 1.16 bits per heavy atom. The lowest BCUT2D eigenvalue weighted by Gasteiger charge is -2.33. The summed E-state index contributed by atoms with van der Waals surface area (Å²) in [6.07, 6.45) is 1.76. The van der Waals surface area contributed by atoms with Crippen molar-refractivity contribution in [2.75, 3.05) is 13.7 Å². The van der Waals surface area contributed by atoms with Crippen molar-refractivity contribution in [3.8, 4) is 11.4 Å². The van der Waals surface area contributed by atoms with Crippen LogP contribution in [0.15, 0.2) is 75.7 Å². The van der Waals surface area contributed by atoms with E-state index >= 15 is 0 Å². The zero-order chi connectivity index (χ0) is 36.2. The van der Waals surface area contributed by atoms with Crippen LogP contribution in [0.1, 0.15) is 74.4 Å². The van der Waals surface area contributed by atoms with Crippen molar-refractivity contribution in [3.63, 3.8) is 0 Å². The van der Waals surface area contributed by atoms with Gasteiger partial charge in [-0.05, 0) is 54.7 Å². The highest BCUT2D eigenvalue weighted by Crippen LogP contribution is 2.40. The van der Waals surface area contributed by atoms with Gasteiger partial charge in [0.1, 0.15) is 12.2 Å². The van der Waals surface area contributed by atoms with E-state index in [1.165, 1.54) is 4.90 Å². The molecule has 5 heterocycles. The Morgan fingerprint density at radius 2 is 1.90 bits per heavy atom. The van der Waals surface area contributed by atoms with Crippen LogP contribution < -0.4 is 10.9 Å². The summed E-state index contributed by atoms with van der Waals surface area (Å²) < 4.78 is 12.5. The molecule has 51 heavy (non-hydrogen) atoms. The Labute approximate surface area is 294 Å². The number of allylic oxidation sites excluding steroid dienone is 1. The SMILES string of the molecule is CCC1(O)CC(=O)OCc2c1cc1n(c2=O)Cc2c-1nc1ccccc1c2C=Nc1ccc(C2NC(=O)N(C)C(C)=C2C(=O)OCC(C)C)cc1. The van der Waals surface area contributed by atoms with Crippen LogP contribution in [0.4, 0.5) is 10.5 Å². The van der Waals surface area contributed by atoms with Crippen molar-refractivity contribution in [2.24, 2.45) is 10.9 Å². The average molecular weight is 690 g/mol. The van der Waals surface area contributed by atoms with Gasteiger partial charge in [0.05, 0.1) is 59.3 Å². The van der Waals surface area contributed by atoms with Crippen LogP contribution >= 0.6 is 0 Å². The van der Waals surface area contributed by atoms with Crippen LogP contribution in [0.2, 0.25) is 0 Å². The zero-order valence-corrected chi connectivity index (χ0v) is 29.1. The number of pyridine rings is 2. The first-order valence-corrected chi connectivity index (χ1v) is 17.0. The Kier molecular flexibility index (Phi) is 8.58. The summed E-state index contributed by atoms with van der Waals surface area (Å²) in [6.45, 7) is 7.71. The van der Waals surface area contributed by atoms with E-state index in [0.717, 1.165) is 16.5 Å². The molecule has 3 aliphatic heterocycles. The molecule has 0 aliphatic carbocycles. The molecule has 2 amide bonds. The third kappa shape index (κ3) is 5.89. The van der Waals surface area contributed by atoms with Gasteiger partial charge in [-0.1, -0.05) is 51.1 Å². The molecule has 0 spiro atoms. The fourth-order valence-electron chi connectivity index (χ4n) is 6.97. The zero-order valence-electron chi connectivity index (χ0n) is 29.1. The molecular weight excluding hydrogens is 650 g/mol. The number of benzene rings is 2. The molecule has 7 rings (SSSR count). The van der Waals surface area contributed by atoms with E-state index < -0.39 is 23.6 Å². The van der Waals surface area contributed by atoms with Crippen molar-refractivity contribution in [3.05, 3.63) is 104 Å². The molecule has 0 fully saturated rings. The first kappa shape index (κ1) is 33.9. The lowest BCUT2D eigenvalue weighted by atomic mass is 9.85. The molecule has 2 unspecified atom stereocenters. The van der Waals surface area contributed by atoms with E-state index in [1.807, 2.05) is 62.4 Å². The van der Waals surface area contributed by atoms with E-state index in [9.17, 15) is 24.3 Å². The van der Waals surface area contributed by atoms with Gasteiger partial charge in [0, 0.05) is 35.5 Å². The fourth-order valence-corrected chi connectivity index (χ4v) is 6.97. The number of carbonyl (C=O) groups excluding carboxylic acids is 3. The van der Waals surface area contributed by atoms with Crippen molar-refractivity contribution in [1.29, 1.82) is 0 Å². The van der Waals surface area contributed by atoms with Gasteiger partial charge in [0.15, 0.2) is 0 Å². The van der Waals surface area contributed by atoms with Gasteiger partial charge in [0.2, 0.25) is 0 Å². The van der Waals surface area contributed by atoms with Crippen molar-refractivity contribution < 1.29 is 29.0 Å². The highest BCUT2D eigenvalue weighted by molar-refractivity contribution is 6.03. The maximum Gasteiger partial charge on any atom is 0.338 e. The molecule has 262 valence electrons. The second-order valence-electron chi connectivity index (χ2n) is 13.7. The van der Waals surface area contributed by atoms with E-state index in [0.29, 0.717) is 45.0 Å². The Balaban J connectivity index is 1.25. The lowest BCUT2D eigenvalue weighted by Crippen LogP contribution is -2.46. The van der Waals surface area contributed by atoms with Gasteiger partial charge < -0.3 is 29.4 Å². The Morgan fingerprint density at radius 3 is 2.63 bits per heavy atom. The number of urea groups is 1. The molecule has 0 radical (unpaired) electrons. The summed E-state index contributed by atoms with van der Waals surface area (Å²) in [5.74, 6) is -0.869.